The molecule has 0 unspecified atom stereocenters. The number of aromatic nitrogens is 2. The molecule has 146 valence electrons. The van der Waals surface area contributed by atoms with Crippen molar-refractivity contribution in [1.82, 2.24) is 20.8 Å². The highest BCUT2D eigenvalue weighted by molar-refractivity contribution is 7.13. The van der Waals surface area contributed by atoms with Gasteiger partial charge in [-0.15, -0.1) is 22.6 Å². The zero-order chi connectivity index (χ0) is 17.6. The van der Waals surface area contributed by atoms with Gasteiger partial charge in [-0.25, -0.2) is 0 Å². The molecule has 7 nitrogen and oxygen atoms in total. The van der Waals surface area contributed by atoms with Gasteiger partial charge in [0.25, 0.3) is 5.91 Å². The predicted octanol–water partition coefficient (Wildman–Crippen LogP) is 2.58. The maximum Gasteiger partial charge on any atom is 0.303 e. The van der Waals surface area contributed by atoms with E-state index in [4.69, 9.17) is 5.11 Å². The van der Waals surface area contributed by atoms with Crippen molar-refractivity contribution in [2.45, 2.75) is 63.3 Å². The van der Waals surface area contributed by atoms with Gasteiger partial charge in [-0.2, -0.15) is 0 Å². The zero-order valence-electron chi connectivity index (χ0n) is 14.8. The number of carboxylic acid groups (broad SMARTS) is 1. The molecule has 0 radical (unpaired) electrons. The fraction of sp³-hybridized carbons (Fsp3) is 0.765. The summed E-state index contributed by atoms with van der Waals surface area (Å²) in [6, 6.07) is 0.166. The minimum absolute atomic E-state index is 0. The number of amides is 1. The van der Waals surface area contributed by atoms with Crippen LogP contribution in [0, 0.1) is 5.92 Å². The molecule has 0 bridgehead atoms. The van der Waals surface area contributed by atoms with E-state index in [-0.39, 0.29) is 30.8 Å². The van der Waals surface area contributed by atoms with Crippen LogP contribution in [0.3, 0.4) is 0 Å². The molecule has 0 spiro atoms. The molecule has 1 saturated heterocycles. The lowest BCUT2D eigenvalue weighted by Gasteiger charge is -2.28. The van der Waals surface area contributed by atoms with E-state index in [2.05, 4.69) is 20.8 Å². The molecular formula is C17H27ClN4O3S. The first-order chi connectivity index (χ1) is 12.1. The van der Waals surface area contributed by atoms with Crippen LogP contribution in [-0.2, 0) is 4.79 Å². The maximum atomic E-state index is 12.4. The van der Waals surface area contributed by atoms with Crippen LogP contribution in [0.4, 0.5) is 0 Å². The third-order valence-electron chi connectivity index (χ3n) is 5.27. The van der Waals surface area contributed by atoms with Crippen LogP contribution >= 0.6 is 23.7 Å². The zero-order valence-corrected chi connectivity index (χ0v) is 16.4. The van der Waals surface area contributed by atoms with Crippen LogP contribution < -0.4 is 10.6 Å². The van der Waals surface area contributed by atoms with Gasteiger partial charge < -0.3 is 15.7 Å². The predicted molar refractivity (Wildman–Crippen MR) is 102 cm³/mol. The third-order valence-corrected chi connectivity index (χ3v) is 6.36. The molecule has 0 atom stereocenters. The third kappa shape index (κ3) is 5.89. The fourth-order valence-corrected chi connectivity index (χ4v) is 4.65. The number of piperidine rings is 1. The van der Waals surface area contributed by atoms with Crippen LogP contribution in [0.15, 0.2) is 0 Å². The van der Waals surface area contributed by atoms with Gasteiger partial charge in [0.15, 0.2) is 0 Å². The van der Waals surface area contributed by atoms with Crippen molar-refractivity contribution in [2.24, 2.45) is 5.92 Å². The molecule has 3 rings (SSSR count). The summed E-state index contributed by atoms with van der Waals surface area (Å²) in [5.41, 5.74) is 0. The molecular weight excluding hydrogens is 376 g/mol. The van der Waals surface area contributed by atoms with Crippen molar-refractivity contribution in [3.8, 4) is 0 Å². The molecule has 3 N–H and O–H groups in total. The van der Waals surface area contributed by atoms with Crippen LogP contribution in [0.5, 0.6) is 0 Å². The molecule has 1 aromatic rings. The SMILES string of the molecule is Cl.O=C(O)CCC1CCC(NC(=O)c2nnc(C3CCNCC3)s2)CC1. The van der Waals surface area contributed by atoms with Gasteiger partial charge in [0.2, 0.25) is 5.01 Å². The van der Waals surface area contributed by atoms with Crippen molar-refractivity contribution in [2.75, 3.05) is 13.1 Å². The molecule has 0 aromatic carbocycles. The van der Waals surface area contributed by atoms with Crippen molar-refractivity contribution < 1.29 is 14.7 Å². The Morgan fingerprint density at radius 3 is 2.46 bits per heavy atom. The van der Waals surface area contributed by atoms with E-state index in [0.29, 0.717) is 16.8 Å². The van der Waals surface area contributed by atoms with Gasteiger partial charge >= 0.3 is 5.97 Å². The van der Waals surface area contributed by atoms with Gasteiger partial charge in [0.1, 0.15) is 5.01 Å². The number of rotatable bonds is 6. The second-order valence-corrected chi connectivity index (χ2v) is 8.10. The Morgan fingerprint density at radius 2 is 1.81 bits per heavy atom. The Hall–Kier alpha value is -1.25. The van der Waals surface area contributed by atoms with Crippen molar-refractivity contribution in [1.29, 1.82) is 0 Å². The quantitative estimate of drug-likeness (QED) is 0.675. The van der Waals surface area contributed by atoms with E-state index in [1.165, 1.54) is 11.3 Å². The van der Waals surface area contributed by atoms with Crippen molar-refractivity contribution in [3.05, 3.63) is 10.0 Å². The molecule has 26 heavy (non-hydrogen) atoms. The lowest BCUT2D eigenvalue weighted by atomic mass is 9.83. The highest BCUT2D eigenvalue weighted by Gasteiger charge is 2.25. The van der Waals surface area contributed by atoms with Crippen LogP contribution in [0.2, 0.25) is 0 Å². The van der Waals surface area contributed by atoms with E-state index >= 15 is 0 Å². The average molecular weight is 403 g/mol. The lowest BCUT2D eigenvalue weighted by molar-refractivity contribution is -0.137. The summed E-state index contributed by atoms with van der Waals surface area (Å²) in [7, 11) is 0. The van der Waals surface area contributed by atoms with Gasteiger partial charge in [-0.05, 0) is 64.0 Å². The molecule has 1 saturated carbocycles. The summed E-state index contributed by atoms with van der Waals surface area (Å²) in [6.07, 6.45) is 6.88. The largest absolute Gasteiger partial charge is 0.481 e. The number of hydrogen-bond acceptors (Lipinski definition) is 6. The smallest absolute Gasteiger partial charge is 0.303 e. The molecule has 1 aliphatic carbocycles. The van der Waals surface area contributed by atoms with Crippen LogP contribution in [0.25, 0.3) is 0 Å². The highest BCUT2D eigenvalue weighted by atomic mass is 35.5. The molecule has 2 heterocycles. The number of carboxylic acids is 1. The Balaban J connectivity index is 0.00000243. The standard InChI is InChI=1S/C17H26N4O3S.ClH/c22-14(23)6-3-11-1-4-13(5-2-11)19-15(24)17-21-20-16(25-17)12-7-9-18-10-8-12;/h11-13,18H,1-10H2,(H,19,24)(H,22,23);1H. The average Bonchev–Trinajstić information content (AvgIpc) is 3.12. The minimum Gasteiger partial charge on any atom is -0.481 e. The summed E-state index contributed by atoms with van der Waals surface area (Å²) in [5, 5.41) is 24.9. The minimum atomic E-state index is -0.726. The summed E-state index contributed by atoms with van der Waals surface area (Å²) in [4.78, 5) is 23.1. The topological polar surface area (TPSA) is 104 Å². The Bertz CT molecular complexity index is 599. The first-order valence-corrected chi connectivity index (χ1v) is 10.00. The van der Waals surface area contributed by atoms with E-state index in [1.807, 2.05) is 0 Å². The van der Waals surface area contributed by atoms with Gasteiger partial charge in [-0.3, -0.25) is 9.59 Å². The van der Waals surface area contributed by atoms with Crippen LogP contribution in [-0.4, -0.2) is 46.3 Å². The summed E-state index contributed by atoms with van der Waals surface area (Å²) in [5.74, 6) is 0.0465. The van der Waals surface area contributed by atoms with Gasteiger partial charge in [-0.1, -0.05) is 11.3 Å². The normalized spacial score (nSPS) is 23.8. The number of nitrogens with one attached hydrogen (secondary N) is 2. The first-order valence-electron chi connectivity index (χ1n) is 9.18. The first kappa shape index (κ1) is 21.1. The van der Waals surface area contributed by atoms with Crippen LogP contribution in [0.1, 0.15) is 72.1 Å². The van der Waals surface area contributed by atoms with E-state index in [1.54, 1.807) is 0 Å². The van der Waals surface area contributed by atoms with Gasteiger partial charge in [0, 0.05) is 18.4 Å². The number of aliphatic carboxylic acids is 1. The number of halogens is 1. The van der Waals surface area contributed by atoms with E-state index in [9.17, 15) is 9.59 Å². The second kappa shape index (κ2) is 10.2. The molecule has 1 aliphatic heterocycles. The second-order valence-electron chi connectivity index (χ2n) is 7.09. The van der Waals surface area contributed by atoms with E-state index in [0.717, 1.165) is 63.0 Å². The van der Waals surface area contributed by atoms with Crippen molar-refractivity contribution in [3.63, 3.8) is 0 Å². The number of nitrogens with zero attached hydrogens (tertiary/aromatic N) is 2. The summed E-state index contributed by atoms with van der Waals surface area (Å²) < 4.78 is 0. The highest BCUT2D eigenvalue weighted by Crippen LogP contribution is 2.29. The summed E-state index contributed by atoms with van der Waals surface area (Å²) >= 11 is 1.42. The number of carbonyl (C=O) groups excluding carboxylic acids is 1. The Labute approximate surface area is 163 Å². The molecule has 1 amide bonds. The molecule has 2 fully saturated rings. The van der Waals surface area contributed by atoms with Crippen molar-refractivity contribution >= 4 is 35.6 Å². The Morgan fingerprint density at radius 1 is 1.12 bits per heavy atom. The number of hydrogen-bond donors (Lipinski definition) is 3. The van der Waals surface area contributed by atoms with E-state index < -0.39 is 5.97 Å². The monoisotopic (exact) mass is 402 g/mol. The molecule has 2 aliphatic rings. The maximum absolute atomic E-state index is 12.4. The summed E-state index contributed by atoms with van der Waals surface area (Å²) in [6.45, 7) is 1.99. The Kier molecular flexibility index (Phi) is 8.24. The number of carbonyl (C=O) groups is 2. The lowest BCUT2D eigenvalue weighted by Crippen LogP contribution is -2.37. The molecule has 1 aromatic heterocycles. The molecule has 9 heteroatoms. The fourth-order valence-electron chi connectivity index (χ4n) is 3.73. The van der Waals surface area contributed by atoms with Gasteiger partial charge in [0.05, 0.1) is 0 Å².